The molecule has 0 unspecified atom stereocenters. The van der Waals surface area contributed by atoms with Crippen molar-refractivity contribution < 1.29 is 19.7 Å². The monoisotopic (exact) mass is 388 g/mol. The average Bonchev–Trinajstić information content (AvgIpc) is 2.74. The van der Waals surface area contributed by atoms with E-state index < -0.39 is 0 Å². The molecule has 1 fully saturated rings. The van der Waals surface area contributed by atoms with Crippen molar-refractivity contribution in [2.45, 2.75) is 51.2 Å². The van der Waals surface area contributed by atoms with Gasteiger partial charge in [-0.1, -0.05) is 43.5 Å². The largest absolute Gasteiger partial charge is 0.504 e. The van der Waals surface area contributed by atoms with E-state index in [1.807, 2.05) is 12.1 Å². The van der Waals surface area contributed by atoms with Crippen LogP contribution in [0.15, 0.2) is 36.4 Å². The van der Waals surface area contributed by atoms with Crippen molar-refractivity contribution in [1.29, 1.82) is 0 Å². The molecule has 154 valence electrons. The van der Waals surface area contributed by atoms with Crippen LogP contribution in [0.25, 0.3) is 0 Å². The van der Waals surface area contributed by atoms with Gasteiger partial charge in [0.05, 0.1) is 14.2 Å². The highest BCUT2D eigenvalue weighted by Crippen LogP contribution is 2.30. The summed E-state index contributed by atoms with van der Waals surface area (Å²) in [4.78, 5) is 0. The summed E-state index contributed by atoms with van der Waals surface area (Å²) in [6.45, 7) is 1.04. The molecule has 5 N–H and O–H groups in total. The molecule has 3 rings (SSSR count). The summed E-state index contributed by atoms with van der Waals surface area (Å²) >= 11 is 0. The Labute approximate surface area is 167 Å². The highest BCUT2D eigenvalue weighted by molar-refractivity contribution is 5.45. The van der Waals surface area contributed by atoms with E-state index in [4.69, 9.17) is 15.2 Å². The Kier molecular flexibility index (Phi) is 8.91. The van der Waals surface area contributed by atoms with E-state index in [1.54, 1.807) is 31.4 Å². The minimum absolute atomic E-state index is 0.137. The van der Waals surface area contributed by atoms with Gasteiger partial charge in [-0.15, -0.1) is 0 Å². The number of phenols is 2. The predicted octanol–water partition coefficient (Wildman–Crippen LogP) is 3.68. The quantitative estimate of drug-likeness (QED) is 0.603. The van der Waals surface area contributed by atoms with Gasteiger partial charge in [-0.2, -0.15) is 0 Å². The summed E-state index contributed by atoms with van der Waals surface area (Å²) in [5.74, 6) is 1.41. The van der Waals surface area contributed by atoms with Crippen LogP contribution in [0.3, 0.4) is 0 Å². The fourth-order valence-electron chi connectivity index (χ4n) is 3.33. The number of phenolic OH excluding ortho intramolecular Hbond substituents is 2. The number of ether oxygens (including phenoxy) is 2. The second-order valence-corrected chi connectivity index (χ2v) is 6.86. The van der Waals surface area contributed by atoms with Gasteiger partial charge < -0.3 is 30.7 Å². The molecular formula is C22H32N2O4. The molecule has 0 heterocycles. The molecule has 28 heavy (non-hydrogen) atoms. The molecule has 0 bridgehead atoms. The highest BCUT2D eigenvalue weighted by Gasteiger charge is 2.14. The van der Waals surface area contributed by atoms with Crippen LogP contribution in [0.4, 0.5) is 0 Å². The van der Waals surface area contributed by atoms with E-state index in [0.717, 1.165) is 5.56 Å². The summed E-state index contributed by atoms with van der Waals surface area (Å²) in [5, 5.41) is 22.9. The molecule has 1 saturated carbocycles. The van der Waals surface area contributed by atoms with Crippen LogP contribution in [-0.4, -0.2) is 30.5 Å². The summed E-state index contributed by atoms with van der Waals surface area (Å²) in [6.07, 6.45) is 6.52. The maximum atomic E-state index is 9.95. The van der Waals surface area contributed by atoms with E-state index in [-0.39, 0.29) is 11.5 Å². The number of para-hydroxylation sites is 2. The first-order valence-electron chi connectivity index (χ1n) is 9.73. The van der Waals surface area contributed by atoms with Gasteiger partial charge in [-0.05, 0) is 25.0 Å². The lowest BCUT2D eigenvalue weighted by Crippen LogP contribution is -2.30. The maximum absolute atomic E-state index is 9.95. The molecule has 0 saturated heterocycles. The Bertz CT molecular complexity index is 708. The summed E-state index contributed by atoms with van der Waals surface area (Å²) in [5.41, 5.74) is 6.97. The zero-order valence-corrected chi connectivity index (χ0v) is 16.8. The number of rotatable bonds is 6. The lowest BCUT2D eigenvalue weighted by atomic mass is 9.95. The smallest absolute Gasteiger partial charge is 0.162 e. The van der Waals surface area contributed by atoms with Gasteiger partial charge in [0.25, 0.3) is 0 Å². The van der Waals surface area contributed by atoms with E-state index >= 15 is 0 Å². The van der Waals surface area contributed by atoms with Gasteiger partial charge in [0.1, 0.15) is 0 Å². The Morgan fingerprint density at radius 1 is 0.893 bits per heavy atom. The molecule has 0 radical (unpaired) electrons. The van der Waals surface area contributed by atoms with E-state index in [1.165, 1.54) is 39.2 Å². The standard InChI is InChI=1S/C14H21NO2.C8H11NO2/c1-17-13-9-5-6-11(14(13)16)10-15-12-7-3-2-4-8-12;1-11-7-4-2-3-6(5-9)8(7)10/h5-6,9,12,15-16H,2-4,7-8,10H2,1H3;2-4,10H,5,9H2,1H3. The Morgan fingerprint density at radius 2 is 1.43 bits per heavy atom. The van der Waals surface area contributed by atoms with Gasteiger partial charge in [0.2, 0.25) is 0 Å². The van der Waals surface area contributed by atoms with Crippen molar-refractivity contribution in [3.63, 3.8) is 0 Å². The van der Waals surface area contributed by atoms with Gasteiger partial charge in [-0.25, -0.2) is 0 Å². The summed E-state index contributed by atoms with van der Waals surface area (Å²) in [6, 6.07) is 11.5. The minimum atomic E-state index is 0.137. The van der Waals surface area contributed by atoms with E-state index in [0.29, 0.717) is 36.2 Å². The van der Waals surface area contributed by atoms with Crippen LogP contribution in [0.1, 0.15) is 43.2 Å². The van der Waals surface area contributed by atoms with Crippen molar-refractivity contribution in [1.82, 2.24) is 5.32 Å². The lowest BCUT2D eigenvalue weighted by molar-refractivity contribution is 0.357. The molecule has 0 amide bonds. The molecule has 0 atom stereocenters. The van der Waals surface area contributed by atoms with E-state index in [2.05, 4.69) is 5.32 Å². The molecule has 1 aliphatic rings. The Morgan fingerprint density at radius 3 is 1.96 bits per heavy atom. The SMILES string of the molecule is COc1cccc(CN)c1O.COc1cccc(CNC2CCCCC2)c1O. The number of hydrogen-bond acceptors (Lipinski definition) is 6. The van der Waals surface area contributed by atoms with Crippen molar-refractivity contribution in [2.24, 2.45) is 5.73 Å². The first-order chi connectivity index (χ1) is 13.6. The third-order valence-corrected chi connectivity index (χ3v) is 5.01. The normalized spacial score (nSPS) is 14.1. The van der Waals surface area contributed by atoms with Gasteiger partial charge in [0.15, 0.2) is 23.0 Å². The Balaban J connectivity index is 0.000000221. The highest BCUT2D eigenvalue weighted by atomic mass is 16.5. The topological polar surface area (TPSA) is 97.0 Å². The third kappa shape index (κ3) is 6.04. The van der Waals surface area contributed by atoms with Gasteiger partial charge in [-0.3, -0.25) is 0 Å². The molecule has 2 aromatic carbocycles. The summed E-state index contributed by atoms with van der Waals surface area (Å²) in [7, 11) is 3.09. The van der Waals surface area contributed by atoms with Crippen LogP contribution < -0.4 is 20.5 Å². The number of hydrogen-bond donors (Lipinski definition) is 4. The molecule has 6 nitrogen and oxygen atoms in total. The molecule has 0 aromatic heterocycles. The van der Waals surface area contributed by atoms with Crippen LogP contribution in [0.5, 0.6) is 23.0 Å². The number of nitrogens with two attached hydrogens (primary N) is 1. The zero-order chi connectivity index (χ0) is 20.4. The summed E-state index contributed by atoms with van der Waals surface area (Å²) < 4.78 is 9.98. The molecule has 6 heteroatoms. The van der Waals surface area contributed by atoms with Crippen LogP contribution >= 0.6 is 0 Å². The van der Waals surface area contributed by atoms with Crippen molar-refractivity contribution >= 4 is 0 Å². The number of aromatic hydroxyl groups is 2. The fourth-order valence-corrected chi connectivity index (χ4v) is 3.33. The molecule has 0 spiro atoms. The second-order valence-electron chi connectivity index (χ2n) is 6.86. The van der Waals surface area contributed by atoms with Crippen LogP contribution in [0.2, 0.25) is 0 Å². The van der Waals surface area contributed by atoms with Crippen molar-refractivity contribution in [2.75, 3.05) is 14.2 Å². The van der Waals surface area contributed by atoms with E-state index in [9.17, 15) is 10.2 Å². The number of methoxy groups -OCH3 is 2. The van der Waals surface area contributed by atoms with Crippen molar-refractivity contribution in [3.05, 3.63) is 47.5 Å². The zero-order valence-electron chi connectivity index (χ0n) is 16.8. The minimum Gasteiger partial charge on any atom is -0.504 e. The number of nitrogens with one attached hydrogen (secondary N) is 1. The Hall–Kier alpha value is -2.44. The molecule has 0 aliphatic heterocycles. The van der Waals surface area contributed by atoms with Gasteiger partial charge in [0, 0.05) is 30.3 Å². The molecule has 1 aliphatic carbocycles. The number of benzene rings is 2. The van der Waals surface area contributed by atoms with Crippen molar-refractivity contribution in [3.8, 4) is 23.0 Å². The maximum Gasteiger partial charge on any atom is 0.162 e. The third-order valence-electron chi connectivity index (χ3n) is 5.01. The van der Waals surface area contributed by atoms with Crippen LogP contribution in [0, 0.1) is 0 Å². The molecular weight excluding hydrogens is 356 g/mol. The second kappa shape index (κ2) is 11.4. The lowest BCUT2D eigenvalue weighted by Gasteiger charge is -2.23. The first kappa shape index (κ1) is 21.9. The average molecular weight is 389 g/mol. The first-order valence-corrected chi connectivity index (χ1v) is 9.73. The molecule has 2 aromatic rings. The fraction of sp³-hybridized carbons (Fsp3) is 0.455. The van der Waals surface area contributed by atoms with Crippen LogP contribution in [-0.2, 0) is 13.1 Å². The van der Waals surface area contributed by atoms with Gasteiger partial charge >= 0.3 is 0 Å². The predicted molar refractivity (Wildman–Crippen MR) is 111 cm³/mol.